The van der Waals surface area contributed by atoms with E-state index in [9.17, 15) is 18.3 Å². The zero-order valence-corrected chi connectivity index (χ0v) is 16.4. The van der Waals surface area contributed by atoms with E-state index >= 15 is 0 Å². The number of carbonyl (C=O) groups is 1. The second-order valence-electron chi connectivity index (χ2n) is 6.12. The summed E-state index contributed by atoms with van der Waals surface area (Å²) in [5.74, 6) is -0.820. The molecule has 0 saturated heterocycles. The van der Waals surface area contributed by atoms with Gasteiger partial charge < -0.3 is 5.11 Å². The first-order chi connectivity index (χ1) is 12.6. The zero-order valence-electron chi connectivity index (χ0n) is 14.8. The number of ketones is 1. The Morgan fingerprint density at radius 2 is 2.04 bits per heavy atom. The summed E-state index contributed by atoms with van der Waals surface area (Å²) < 4.78 is 27.0. The Labute approximate surface area is 160 Å². The number of nitrogens with zero attached hydrogens (tertiary/aromatic N) is 4. The van der Waals surface area contributed by atoms with Crippen LogP contribution >= 0.6 is 11.6 Å². The van der Waals surface area contributed by atoms with Crippen LogP contribution in [0, 0.1) is 6.92 Å². The summed E-state index contributed by atoms with van der Waals surface area (Å²) in [4.78, 5) is 13.0. The monoisotopic (exact) mass is 408 g/mol. The van der Waals surface area contributed by atoms with E-state index in [1.165, 1.54) is 28.5 Å². The van der Waals surface area contributed by atoms with Crippen molar-refractivity contribution in [2.45, 2.75) is 18.4 Å². The Kier molecular flexibility index (Phi) is 4.83. The Hall–Kier alpha value is -2.65. The van der Waals surface area contributed by atoms with Crippen LogP contribution in [0.3, 0.4) is 0 Å². The molecule has 0 radical (unpaired) electrons. The number of hydrogen-bond donors (Lipinski definition) is 1. The molecule has 3 aromatic rings. The van der Waals surface area contributed by atoms with Crippen molar-refractivity contribution in [2.24, 2.45) is 7.05 Å². The SMILES string of the molecule is Cc1nn(C)c(O)c1C(=O)c1ccc(S(C)(=O)=O)c(Cn2cccn2)c1Cl. The van der Waals surface area contributed by atoms with Crippen molar-refractivity contribution >= 4 is 27.2 Å². The zero-order chi connectivity index (χ0) is 19.9. The van der Waals surface area contributed by atoms with Crippen LogP contribution in [0.2, 0.25) is 5.02 Å². The lowest BCUT2D eigenvalue weighted by Crippen LogP contribution is -2.12. The number of benzene rings is 1. The number of rotatable bonds is 5. The molecule has 0 bridgehead atoms. The molecule has 0 amide bonds. The van der Waals surface area contributed by atoms with E-state index < -0.39 is 15.6 Å². The first-order valence-electron chi connectivity index (χ1n) is 7.87. The van der Waals surface area contributed by atoms with Crippen molar-refractivity contribution in [3.8, 4) is 5.88 Å². The van der Waals surface area contributed by atoms with E-state index in [2.05, 4.69) is 10.2 Å². The Bertz CT molecular complexity index is 1130. The smallest absolute Gasteiger partial charge is 0.220 e. The highest BCUT2D eigenvalue weighted by Gasteiger charge is 2.27. The van der Waals surface area contributed by atoms with Crippen molar-refractivity contribution in [3.05, 3.63) is 58.0 Å². The van der Waals surface area contributed by atoms with Crippen LogP contribution in [0.15, 0.2) is 35.5 Å². The number of aromatic hydroxyl groups is 1. The van der Waals surface area contributed by atoms with Gasteiger partial charge in [0, 0.05) is 36.8 Å². The van der Waals surface area contributed by atoms with E-state index in [1.54, 1.807) is 25.4 Å². The third-order valence-corrected chi connectivity index (χ3v) is 5.76. The second-order valence-corrected chi connectivity index (χ2v) is 8.48. The average molecular weight is 409 g/mol. The summed E-state index contributed by atoms with van der Waals surface area (Å²) in [7, 11) is -2.07. The first-order valence-corrected chi connectivity index (χ1v) is 10.1. The van der Waals surface area contributed by atoms with Crippen LogP contribution in [0.25, 0.3) is 0 Å². The molecular weight excluding hydrogens is 392 g/mol. The molecule has 8 nitrogen and oxygen atoms in total. The Morgan fingerprint density at radius 3 is 2.56 bits per heavy atom. The standard InChI is InChI=1S/C17H17ClN4O4S/c1-10-14(17(24)21(2)20-10)16(23)11-5-6-13(27(3,25)26)12(15(11)18)9-22-8-4-7-19-22/h4-8,24H,9H2,1-3H3. The van der Waals surface area contributed by atoms with E-state index in [1.807, 2.05) is 0 Å². The molecule has 2 heterocycles. The van der Waals surface area contributed by atoms with Gasteiger partial charge in [-0.1, -0.05) is 11.6 Å². The molecule has 0 spiro atoms. The number of sulfone groups is 1. The van der Waals surface area contributed by atoms with E-state index in [0.29, 0.717) is 5.69 Å². The molecule has 0 aliphatic rings. The summed E-state index contributed by atoms with van der Waals surface area (Å²) in [5, 5.41) is 18.2. The van der Waals surface area contributed by atoms with E-state index in [0.717, 1.165) is 6.26 Å². The highest BCUT2D eigenvalue weighted by molar-refractivity contribution is 7.90. The number of carbonyl (C=O) groups excluding carboxylic acids is 1. The van der Waals surface area contributed by atoms with Crippen molar-refractivity contribution < 1.29 is 18.3 Å². The van der Waals surface area contributed by atoms with Gasteiger partial charge >= 0.3 is 0 Å². The summed E-state index contributed by atoms with van der Waals surface area (Å²) in [6.45, 7) is 1.67. The van der Waals surface area contributed by atoms with E-state index in [4.69, 9.17) is 11.6 Å². The summed E-state index contributed by atoms with van der Waals surface area (Å²) in [6.07, 6.45) is 4.29. The topological polar surface area (TPSA) is 107 Å². The third kappa shape index (κ3) is 3.47. The highest BCUT2D eigenvalue weighted by Crippen LogP contribution is 2.32. The number of halogens is 1. The Morgan fingerprint density at radius 1 is 1.33 bits per heavy atom. The molecule has 0 aliphatic carbocycles. The molecule has 1 aromatic carbocycles. The van der Waals surface area contributed by atoms with Gasteiger partial charge in [-0.2, -0.15) is 10.2 Å². The summed E-state index contributed by atoms with van der Waals surface area (Å²) in [5.41, 5.74) is 0.709. The molecule has 10 heteroatoms. The molecule has 2 aromatic heterocycles. The number of aromatic nitrogens is 4. The van der Waals surface area contributed by atoms with Gasteiger partial charge in [-0.3, -0.25) is 9.48 Å². The molecule has 1 N–H and O–H groups in total. The van der Waals surface area contributed by atoms with Crippen LogP contribution in [-0.4, -0.2) is 45.1 Å². The van der Waals surface area contributed by atoms with Gasteiger partial charge in [0.25, 0.3) is 0 Å². The lowest BCUT2D eigenvalue weighted by atomic mass is 10.0. The lowest BCUT2D eigenvalue weighted by Gasteiger charge is -2.14. The quantitative estimate of drug-likeness (QED) is 0.647. The minimum absolute atomic E-state index is 0.000998. The summed E-state index contributed by atoms with van der Waals surface area (Å²) >= 11 is 6.46. The highest BCUT2D eigenvalue weighted by atomic mass is 35.5. The molecule has 0 aliphatic heterocycles. The summed E-state index contributed by atoms with van der Waals surface area (Å²) in [6, 6.07) is 4.38. The lowest BCUT2D eigenvalue weighted by molar-refractivity contribution is 0.103. The fraction of sp³-hybridized carbons (Fsp3) is 0.235. The second kappa shape index (κ2) is 6.82. The molecular formula is C17H17ClN4O4S. The maximum absolute atomic E-state index is 13.0. The molecule has 142 valence electrons. The minimum atomic E-state index is -3.58. The fourth-order valence-electron chi connectivity index (χ4n) is 2.88. The molecule has 0 fully saturated rings. The number of hydrogen-bond acceptors (Lipinski definition) is 6. The van der Waals surface area contributed by atoms with Crippen molar-refractivity contribution in [2.75, 3.05) is 6.26 Å². The molecule has 0 atom stereocenters. The number of aryl methyl sites for hydroxylation is 2. The van der Waals surface area contributed by atoms with Crippen LogP contribution < -0.4 is 0 Å². The average Bonchev–Trinajstić information content (AvgIpc) is 3.16. The fourth-order valence-corrected chi connectivity index (χ4v) is 4.17. The predicted octanol–water partition coefficient (Wildman–Crippen LogP) is 1.97. The van der Waals surface area contributed by atoms with Gasteiger partial charge in [0.2, 0.25) is 11.7 Å². The van der Waals surface area contributed by atoms with Crippen molar-refractivity contribution in [1.29, 1.82) is 0 Å². The van der Waals surface area contributed by atoms with Gasteiger partial charge in [-0.15, -0.1) is 0 Å². The van der Waals surface area contributed by atoms with Crippen LogP contribution in [0.4, 0.5) is 0 Å². The molecule has 3 rings (SSSR count). The van der Waals surface area contributed by atoms with Crippen molar-refractivity contribution in [3.63, 3.8) is 0 Å². The van der Waals surface area contributed by atoms with Crippen LogP contribution in [0.1, 0.15) is 27.2 Å². The normalized spacial score (nSPS) is 11.7. The first kappa shape index (κ1) is 19.1. The largest absolute Gasteiger partial charge is 0.493 e. The molecule has 27 heavy (non-hydrogen) atoms. The van der Waals surface area contributed by atoms with Crippen LogP contribution in [0.5, 0.6) is 5.88 Å². The van der Waals surface area contributed by atoms with Crippen molar-refractivity contribution in [1.82, 2.24) is 19.6 Å². The maximum atomic E-state index is 13.0. The molecule has 0 saturated carbocycles. The minimum Gasteiger partial charge on any atom is -0.493 e. The van der Waals surface area contributed by atoms with Crippen LogP contribution in [-0.2, 0) is 23.4 Å². The maximum Gasteiger partial charge on any atom is 0.220 e. The van der Waals surface area contributed by atoms with Gasteiger partial charge in [-0.25, -0.2) is 13.1 Å². The van der Waals surface area contributed by atoms with Gasteiger partial charge in [0.1, 0.15) is 5.56 Å². The van der Waals surface area contributed by atoms with Gasteiger partial charge in [0.05, 0.1) is 22.2 Å². The van der Waals surface area contributed by atoms with E-state index in [-0.39, 0.29) is 39.0 Å². The van der Waals surface area contributed by atoms with Gasteiger partial charge in [-0.05, 0) is 25.1 Å². The van der Waals surface area contributed by atoms with Gasteiger partial charge in [0.15, 0.2) is 9.84 Å². The Balaban J connectivity index is 2.19. The third-order valence-electron chi connectivity index (χ3n) is 4.14. The molecule has 0 unspecified atom stereocenters. The predicted molar refractivity (Wildman–Crippen MR) is 98.9 cm³/mol.